The maximum atomic E-state index is 13.2. The van der Waals surface area contributed by atoms with Gasteiger partial charge >= 0.3 is 12.4 Å². The van der Waals surface area contributed by atoms with Gasteiger partial charge in [-0.25, -0.2) is 4.98 Å². The molecule has 2 unspecified atom stereocenters. The van der Waals surface area contributed by atoms with Gasteiger partial charge in [-0.1, -0.05) is 6.58 Å². The summed E-state index contributed by atoms with van der Waals surface area (Å²) in [6, 6.07) is 5.59. The molecule has 2 aromatic rings. The molecule has 2 aliphatic heterocycles. The summed E-state index contributed by atoms with van der Waals surface area (Å²) in [5.41, 5.74) is -0.981. The van der Waals surface area contributed by atoms with Crippen LogP contribution in [0.1, 0.15) is 43.7 Å². The van der Waals surface area contributed by atoms with Gasteiger partial charge in [0.15, 0.2) is 11.5 Å². The standard InChI is InChI=1S/C24H24F6N2O2/c1-14(2)13-33-21-9-15(23(25,26)27)3-7-20(21)34-19-10-17-5-6-18(11-19)32(17)22-8-4-16(12-31-22)24(28,29)30/h3-4,7-9,12,17-19H,1,5-6,10-11,13H2,2H3. The van der Waals surface area contributed by atoms with Crippen molar-refractivity contribution < 1.29 is 35.8 Å². The van der Waals surface area contributed by atoms with Crippen molar-refractivity contribution in [2.45, 2.75) is 63.1 Å². The molecule has 4 nitrogen and oxygen atoms in total. The first-order chi connectivity index (χ1) is 15.9. The van der Waals surface area contributed by atoms with Crippen LogP contribution in [0.4, 0.5) is 32.2 Å². The molecule has 0 aliphatic carbocycles. The fourth-order valence-corrected chi connectivity index (χ4v) is 4.58. The minimum Gasteiger partial charge on any atom is -0.486 e. The Balaban J connectivity index is 1.49. The second-order valence-electron chi connectivity index (χ2n) is 8.81. The van der Waals surface area contributed by atoms with Gasteiger partial charge in [-0.05, 0) is 55.7 Å². The number of rotatable bonds is 6. The van der Waals surface area contributed by atoms with Gasteiger partial charge in [-0.3, -0.25) is 0 Å². The molecule has 184 valence electrons. The number of nitrogens with zero attached hydrogens (tertiary/aromatic N) is 2. The molecule has 10 heteroatoms. The molecule has 34 heavy (non-hydrogen) atoms. The number of aromatic nitrogens is 1. The Labute approximate surface area is 193 Å². The Kier molecular flexibility index (Phi) is 6.44. The quantitative estimate of drug-likeness (QED) is 0.338. The monoisotopic (exact) mass is 486 g/mol. The smallest absolute Gasteiger partial charge is 0.417 e. The molecule has 2 fully saturated rings. The summed E-state index contributed by atoms with van der Waals surface area (Å²) in [7, 11) is 0. The third kappa shape index (κ3) is 5.26. The predicted molar refractivity (Wildman–Crippen MR) is 114 cm³/mol. The van der Waals surface area contributed by atoms with Crippen LogP contribution in [0, 0.1) is 0 Å². The number of fused-ring (bicyclic) bond motifs is 2. The average molecular weight is 486 g/mol. The maximum Gasteiger partial charge on any atom is 0.417 e. The minimum absolute atomic E-state index is 0.00277. The third-order valence-electron chi connectivity index (χ3n) is 6.07. The minimum atomic E-state index is -4.51. The first-order valence-corrected chi connectivity index (χ1v) is 10.9. The van der Waals surface area contributed by atoms with Crippen LogP contribution in [-0.4, -0.2) is 29.8 Å². The number of alkyl halides is 6. The van der Waals surface area contributed by atoms with E-state index in [-0.39, 0.29) is 36.3 Å². The number of ether oxygens (including phenoxy) is 2. The van der Waals surface area contributed by atoms with Gasteiger partial charge in [0.25, 0.3) is 0 Å². The molecule has 0 saturated carbocycles. The van der Waals surface area contributed by atoms with Crippen molar-refractivity contribution in [1.82, 2.24) is 4.98 Å². The lowest BCUT2D eigenvalue weighted by Crippen LogP contribution is -2.46. The van der Waals surface area contributed by atoms with Gasteiger partial charge in [0.1, 0.15) is 18.5 Å². The number of anilines is 1. The molecule has 3 heterocycles. The largest absolute Gasteiger partial charge is 0.486 e. The fraction of sp³-hybridized carbons (Fsp3) is 0.458. The molecule has 0 radical (unpaired) electrons. The predicted octanol–water partition coefficient (Wildman–Crippen LogP) is 6.65. The summed E-state index contributed by atoms with van der Waals surface area (Å²) >= 11 is 0. The van der Waals surface area contributed by atoms with E-state index in [1.54, 1.807) is 6.92 Å². The Morgan fingerprint density at radius 1 is 0.971 bits per heavy atom. The van der Waals surface area contributed by atoms with E-state index >= 15 is 0 Å². The molecule has 2 aliphatic rings. The number of benzene rings is 1. The maximum absolute atomic E-state index is 13.2. The number of hydrogen-bond acceptors (Lipinski definition) is 4. The third-order valence-corrected chi connectivity index (χ3v) is 6.07. The molecule has 0 N–H and O–H groups in total. The molecule has 1 aromatic carbocycles. The van der Waals surface area contributed by atoms with E-state index in [0.717, 1.165) is 37.2 Å². The van der Waals surface area contributed by atoms with Crippen molar-refractivity contribution in [3.8, 4) is 11.5 Å². The van der Waals surface area contributed by atoms with Crippen molar-refractivity contribution in [1.29, 1.82) is 0 Å². The highest BCUT2D eigenvalue weighted by molar-refractivity contribution is 5.46. The molecule has 2 saturated heterocycles. The van der Waals surface area contributed by atoms with Gasteiger partial charge in [-0.2, -0.15) is 26.3 Å². The Bertz CT molecular complexity index is 1020. The van der Waals surface area contributed by atoms with E-state index < -0.39 is 23.5 Å². The highest BCUT2D eigenvalue weighted by Crippen LogP contribution is 2.42. The van der Waals surface area contributed by atoms with E-state index in [1.807, 2.05) is 4.90 Å². The van der Waals surface area contributed by atoms with Crippen molar-refractivity contribution in [3.63, 3.8) is 0 Å². The second-order valence-corrected chi connectivity index (χ2v) is 8.81. The summed E-state index contributed by atoms with van der Waals surface area (Å²) in [4.78, 5) is 6.07. The lowest BCUT2D eigenvalue weighted by molar-refractivity contribution is -0.138. The Hall–Kier alpha value is -2.91. The van der Waals surface area contributed by atoms with Crippen LogP contribution in [0.15, 0.2) is 48.7 Å². The van der Waals surface area contributed by atoms with E-state index in [4.69, 9.17) is 9.47 Å². The van der Waals surface area contributed by atoms with Crippen LogP contribution >= 0.6 is 0 Å². The summed E-state index contributed by atoms with van der Waals surface area (Å²) in [5, 5.41) is 0. The summed E-state index contributed by atoms with van der Waals surface area (Å²) < 4.78 is 89.7. The van der Waals surface area contributed by atoms with E-state index in [9.17, 15) is 26.3 Å². The highest BCUT2D eigenvalue weighted by atomic mass is 19.4. The van der Waals surface area contributed by atoms with Gasteiger partial charge in [0.2, 0.25) is 0 Å². The molecule has 4 rings (SSSR count). The molecular weight excluding hydrogens is 462 g/mol. The van der Waals surface area contributed by atoms with E-state index in [1.165, 1.54) is 12.1 Å². The molecule has 2 bridgehead atoms. The second kappa shape index (κ2) is 9.03. The SMILES string of the molecule is C=C(C)COc1cc(C(F)(F)F)ccc1OC1CC2CCC(C1)N2c1ccc(C(F)(F)F)cn1. The normalized spacial score (nSPS) is 22.6. The summed E-state index contributed by atoms with van der Waals surface area (Å²) in [5.74, 6) is 0.704. The zero-order chi connectivity index (χ0) is 24.7. The molecule has 2 atom stereocenters. The van der Waals surface area contributed by atoms with Crippen LogP contribution in [0.25, 0.3) is 0 Å². The van der Waals surface area contributed by atoms with Crippen LogP contribution in [-0.2, 0) is 12.4 Å². The van der Waals surface area contributed by atoms with Crippen molar-refractivity contribution in [3.05, 3.63) is 59.8 Å². The highest BCUT2D eigenvalue weighted by Gasteiger charge is 2.43. The van der Waals surface area contributed by atoms with Gasteiger partial charge < -0.3 is 14.4 Å². The molecule has 0 spiro atoms. The molecule has 0 amide bonds. The van der Waals surface area contributed by atoms with Crippen molar-refractivity contribution >= 4 is 5.82 Å². The van der Waals surface area contributed by atoms with Crippen LogP contribution in [0.3, 0.4) is 0 Å². The number of piperidine rings is 1. The van der Waals surface area contributed by atoms with E-state index in [2.05, 4.69) is 11.6 Å². The Morgan fingerprint density at radius 3 is 2.12 bits per heavy atom. The van der Waals surface area contributed by atoms with Crippen molar-refractivity contribution in [2.75, 3.05) is 11.5 Å². The van der Waals surface area contributed by atoms with E-state index in [0.29, 0.717) is 24.2 Å². The van der Waals surface area contributed by atoms with Crippen LogP contribution in [0.5, 0.6) is 11.5 Å². The lowest BCUT2D eigenvalue weighted by Gasteiger charge is -2.39. The lowest BCUT2D eigenvalue weighted by atomic mass is 9.99. The van der Waals surface area contributed by atoms with Crippen molar-refractivity contribution in [2.24, 2.45) is 0 Å². The van der Waals surface area contributed by atoms with Gasteiger partial charge in [0, 0.05) is 31.1 Å². The van der Waals surface area contributed by atoms with Crippen LogP contribution < -0.4 is 14.4 Å². The van der Waals surface area contributed by atoms with Gasteiger partial charge in [0.05, 0.1) is 11.1 Å². The number of pyridine rings is 1. The zero-order valence-electron chi connectivity index (χ0n) is 18.4. The zero-order valence-corrected chi connectivity index (χ0v) is 18.4. The first-order valence-electron chi connectivity index (χ1n) is 10.9. The summed E-state index contributed by atoms with van der Waals surface area (Å²) in [6.07, 6.45) is -5.59. The fourth-order valence-electron chi connectivity index (χ4n) is 4.58. The topological polar surface area (TPSA) is 34.6 Å². The average Bonchev–Trinajstić information content (AvgIpc) is 3.02. The number of halogens is 6. The van der Waals surface area contributed by atoms with Gasteiger partial charge in [-0.15, -0.1) is 0 Å². The number of hydrogen-bond donors (Lipinski definition) is 0. The molecule has 1 aromatic heterocycles. The molecular formula is C24H24F6N2O2. The van der Waals surface area contributed by atoms with Crippen LogP contribution in [0.2, 0.25) is 0 Å². The first kappa shape index (κ1) is 24.2. The Morgan fingerprint density at radius 2 is 1.59 bits per heavy atom. The summed E-state index contributed by atoms with van der Waals surface area (Å²) in [6.45, 7) is 5.47.